The van der Waals surface area contributed by atoms with Crippen LogP contribution in [0.3, 0.4) is 0 Å². The van der Waals surface area contributed by atoms with Crippen LogP contribution in [0.4, 0.5) is 17.6 Å². The number of aliphatic hydroxyl groups is 1. The van der Waals surface area contributed by atoms with Gasteiger partial charge in [0.2, 0.25) is 17.7 Å². The molecule has 16 heteroatoms. The molecule has 1 aliphatic rings. The molecule has 0 aromatic carbocycles. The molecule has 7 atom stereocenters. The summed E-state index contributed by atoms with van der Waals surface area (Å²) in [5, 5.41) is 28.2. The molecule has 2 aromatic rings. The van der Waals surface area contributed by atoms with Gasteiger partial charge in [-0.15, -0.1) is 0 Å². The lowest BCUT2D eigenvalue weighted by Gasteiger charge is -2.34. The van der Waals surface area contributed by atoms with Gasteiger partial charge in [-0.2, -0.15) is 18.2 Å². The minimum Gasteiger partial charge on any atom is -0.505 e. The Balaban J connectivity index is 2.08. The fourth-order valence-electron chi connectivity index (χ4n) is 4.39. The second-order valence-electron chi connectivity index (χ2n) is 10.3. The number of ether oxygens (including phenoxy) is 1. The van der Waals surface area contributed by atoms with Gasteiger partial charge in [-0.1, -0.05) is 13.8 Å². The lowest BCUT2D eigenvalue weighted by Crippen LogP contribution is -2.62. The summed E-state index contributed by atoms with van der Waals surface area (Å²) in [6.45, 7) is 5.80. The molecule has 0 aliphatic carbocycles. The van der Waals surface area contributed by atoms with Gasteiger partial charge in [0.05, 0.1) is 24.1 Å². The second kappa shape index (κ2) is 13.8. The third-order valence-corrected chi connectivity index (χ3v) is 7.23. The predicted octanol–water partition coefficient (Wildman–Crippen LogP) is 1.04. The van der Waals surface area contributed by atoms with Crippen molar-refractivity contribution in [3.63, 3.8) is 0 Å². The number of carbonyl (C=O) groups is 4. The van der Waals surface area contributed by atoms with E-state index in [0.29, 0.717) is 6.42 Å². The SMILES string of the molecule is CCC(C)C1OC(=O)[C@H](C)[C@H](O)[C@H](Cc2c(F)nc(F)c(F)c2F)NC(=O)[C@@H](NC(=O)c2ncccc2O)[C@@H](C)NC1=O. The summed E-state index contributed by atoms with van der Waals surface area (Å²) >= 11 is 0. The van der Waals surface area contributed by atoms with Crippen LogP contribution in [0, 0.1) is 35.4 Å². The Bertz CT molecular complexity index is 1400. The highest BCUT2D eigenvalue weighted by atomic mass is 19.2. The normalized spacial score (nSPS) is 25.8. The summed E-state index contributed by atoms with van der Waals surface area (Å²) in [7, 11) is 0. The molecule has 5 N–H and O–H groups in total. The molecule has 0 saturated carbocycles. The number of halogens is 4. The van der Waals surface area contributed by atoms with Gasteiger partial charge in [0, 0.05) is 24.1 Å². The van der Waals surface area contributed by atoms with Crippen molar-refractivity contribution in [2.24, 2.45) is 11.8 Å². The van der Waals surface area contributed by atoms with Crippen molar-refractivity contribution in [2.45, 2.75) is 70.9 Å². The number of aromatic nitrogens is 2. The molecule has 2 unspecified atom stereocenters. The topological polar surface area (TPSA) is 180 Å². The van der Waals surface area contributed by atoms with E-state index in [1.54, 1.807) is 13.8 Å². The first-order chi connectivity index (χ1) is 20.2. The highest BCUT2D eigenvalue weighted by Gasteiger charge is 2.41. The number of pyridine rings is 2. The molecule has 0 spiro atoms. The monoisotopic (exact) mass is 613 g/mol. The highest BCUT2D eigenvalue weighted by molar-refractivity contribution is 5.98. The number of hydrogen-bond acceptors (Lipinski definition) is 9. The predicted molar refractivity (Wildman–Crippen MR) is 139 cm³/mol. The molecule has 1 fully saturated rings. The number of esters is 1. The summed E-state index contributed by atoms with van der Waals surface area (Å²) in [5.41, 5.74) is -1.62. The van der Waals surface area contributed by atoms with Crippen molar-refractivity contribution in [1.29, 1.82) is 0 Å². The van der Waals surface area contributed by atoms with Crippen LogP contribution in [-0.4, -0.2) is 74.2 Å². The van der Waals surface area contributed by atoms with Gasteiger partial charge in [0.15, 0.2) is 17.6 Å². The minimum atomic E-state index is -2.11. The Hall–Kier alpha value is -4.34. The van der Waals surface area contributed by atoms with E-state index in [0.717, 1.165) is 13.0 Å². The number of aromatic hydroxyl groups is 1. The van der Waals surface area contributed by atoms with Gasteiger partial charge >= 0.3 is 5.97 Å². The number of carbonyl (C=O) groups excluding carboxylic acids is 4. The second-order valence-corrected chi connectivity index (χ2v) is 10.3. The molecule has 0 radical (unpaired) electrons. The van der Waals surface area contributed by atoms with E-state index < -0.39 is 113 Å². The van der Waals surface area contributed by atoms with Crippen LogP contribution in [0.1, 0.15) is 50.2 Å². The van der Waals surface area contributed by atoms with E-state index in [9.17, 15) is 47.0 Å². The standard InChI is InChI=1S/C27H31F4N5O7/c1-5-10(2)21-26(41)33-12(4)18(35-25(40)19-15(37)7-6-8-32-19)24(39)34-14(20(38)11(3)27(42)43-21)9-13-16(28)17(29)23(31)36-22(13)30/h6-8,10-12,14,18,20-21,37-38H,5,9H2,1-4H3,(H,33,41)(H,34,39)(H,35,40)/t10?,11-,12-,14+,18+,20+,21?/m1/s1. The molecule has 0 bridgehead atoms. The fraction of sp³-hybridized carbons (Fsp3) is 0.481. The van der Waals surface area contributed by atoms with Gasteiger partial charge in [0.25, 0.3) is 17.8 Å². The zero-order chi connectivity index (χ0) is 32.2. The number of rotatable bonds is 6. The molecular weight excluding hydrogens is 582 g/mol. The Morgan fingerprint density at radius 3 is 2.40 bits per heavy atom. The number of hydrogen-bond donors (Lipinski definition) is 5. The molecule has 1 saturated heterocycles. The molecular formula is C27H31F4N5O7. The van der Waals surface area contributed by atoms with Crippen LogP contribution < -0.4 is 16.0 Å². The van der Waals surface area contributed by atoms with Crippen LogP contribution in [0.25, 0.3) is 0 Å². The maximum absolute atomic E-state index is 14.6. The zero-order valence-electron chi connectivity index (χ0n) is 23.5. The number of nitrogens with zero attached hydrogens (tertiary/aromatic N) is 2. The molecule has 43 heavy (non-hydrogen) atoms. The minimum absolute atomic E-state index is 0.362. The zero-order valence-corrected chi connectivity index (χ0v) is 23.5. The molecule has 2 aromatic heterocycles. The van der Waals surface area contributed by atoms with Crippen molar-refractivity contribution in [3.05, 3.63) is 53.1 Å². The Morgan fingerprint density at radius 2 is 1.77 bits per heavy atom. The summed E-state index contributed by atoms with van der Waals surface area (Å²) in [6, 6.07) is -2.19. The maximum atomic E-state index is 14.6. The number of amides is 3. The van der Waals surface area contributed by atoms with E-state index >= 15 is 0 Å². The van der Waals surface area contributed by atoms with Gasteiger partial charge in [-0.3, -0.25) is 19.2 Å². The quantitative estimate of drug-likeness (QED) is 0.181. The van der Waals surface area contributed by atoms with Crippen molar-refractivity contribution in [1.82, 2.24) is 25.9 Å². The Morgan fingerprint density at radius 1 is 1.09 bits per heavy atom. The van der Waals surface area contributed by atoms with Crippen LogP contribution in [0.5, 0.6) is 5.75 Å². The number of aliphatic hydroxyl groups excluding tert-OH is 1. The maximum Gasteiger partial charge on any atom is 0.312 e. The van der Waals surface area contributed by atoms with Crippen molar-refractivity contribution < 1.29 is 51.7 Å². The average Bonchev–Trinajstić information content (AvgIpc) is 2.97. The number of cyclic esters (lactones) is 1. The molecule has 1 aliphatic heterocycles. The van der Waals surface area contributed by atoms with Crippen molar-refractivity contribution in [3.8, 4) is 5.75 Å². The first kappa shape index (κ1) is 33.2. The van der Waals surface area contributed by atoms with Crippen LogP contribution >= 0.6 is 0 Å². The highest BCUT2D eigenvalue weighted by Crippen LogP contribution is 2.23. The van der Waals surface area contributed by atoms with E-state index in [1.807, 2.05) is 0 Å². The first-order valence-electron chi connectivity index (χ1n) is 13.3. The summed E-state index contributed by atoms with van der Waals surface area (Å²) in [5.74, 6) is -14.6. The molecule has 234 valence electrons. The van der Waals surface area contributed by atoms with Gasteiger partial charge in [-0.05, 0) is 32.4 Å². The Kier molecular flexibility index (Phi) is 10.6. The molecule has 3 rings (SSSR count). The molecule has 3 amide bonds. The largest absolute Gasteiger partial charge is 0.505 e. The summed E-state index contributed by atoms with van der Waals surface area (Å²) in [4.78, 5) is 59.1. The van der Waals surface area contributed by atoms with Gasteiger partial charge in [-0.25, -0.2) is 9.37 Å². The summed E-state index contributed by atoms with van der Waals surface area (Å²) < 4.78 is 61.8. The summed E-state index contributed by atoms with van der Waals surface area (Å²) in [6.07, 6.45) is -2.84. The van der Waals surface area contributed by atoms with Crippen LogP contribution in [0.15, 0.2) is 18.3 Å². The third-order valence-electron chi connectivity index (χ3n) is 7.23. The van der Waals surface area contributed by atoms with E-state index in [4.69, 9.17) is 4.74 Å². The van der Waals surface area contributed by atoms with Crippen LogP contribution in [0.2, 0.25) is 0 Å². The smallest absolute Gasteiger partial charge is 0.312 e. The van der Waals surface area contributed by atoms with E-state index in [2.05, 4.69) is 25.9 Å². The molecule has 12 nitrogen and oxygen atoms in total. The van der Waals surface area contributed by atoms with E-state index in [1.165, 1.54) is 19.2 Å². The fourth-order valence-corrected chi connectivity index (χ4v) is 4.39. The van der Waals surface area contributed by atoms with E-state index in [-0.39, 0.29) is 0 Å². The lowest BCUT2D eigenvalue weighted by molar-refractivity contribution is -0.167. The van der Waals surface area contributed by atoms with Crippen molar-refractivity contribution >= 4 is 23.7 Å². The van der Waals surface area contributed by atoms with Gasteiger partial charge in [0.1, 0.15) is 11.8 Å². The van der Waals surface area contributed by atoms with Gasteiger partial charge < -0.3 is 30.9 Å². The first-order valence-corrected chi connectivity index (χ1v) is 13.3. The third kappa shape index (κ3) is 7.36. The molecule has 3 heterocycles. The lowest BCUT2D eigenvalue weighted by atomic mass is 9.91. The average molecular weight is 614 g/mol. The van der Waals surface area contributed by atoms with Crippen LogP contribution in [-0.2, 0) is 25.5 Å². The number of nitrogens with one attached hydrogen (secondary N) is 3. The Labute approximate surface area is 243 Å². The van der Waals surface area contributed by atoms with Crippen molar-refractivity contribution in [2.75, 3.05) is 0 Å².